The van der Waals surface area contributed by atoms with Gasteiger partial charge in [-0.15, -0.1) is 0 Å². The van der Waals surface area contributed by atoms with Gasteiger partial charge in [-0.1, -0.05) is 12.1 Å². The summed E-state index contributed by atoms with van der Waals surface area (Å²) in [6, 6.07) is 11.4. The Balaban J connectivity index is 1.67. The van der Waals surface area contributed by atoms with Crippen LogP contribution in [-0.2, 0) is 6.42 Å². The Labute approximate surface area is 126 Å². The van der Waals surface area contributed by atoms with Gasteiger partial charge in [-0.05, 0) is 40.2 Å². The van der Waals surface area contributed by atoms with Crippen LogP contribution in [0.2, 0.25) is 0 Å². The minimum absolute atomic E-state index is 0.156. The molecule has 2 unspecified atom stereocenters. The van der Waals surface area contributed by atoms with Crippen LogP contribution < -0.4 is 15.2 Å². The van der Waals surface area contributed by atoms with Gasteiger partial charge in [0.15, 0.2) is 11.5 Å². The average Bonchev–Trinajstić information content (AvgIpc) is 2.49. The van der Waals surface area contributed by atoms with E-state index >= 15 is 0 Å². The van der Waals surface area contributed by atoms with Crippen LogP contribution in [-0.4, -0.2) is 23.7 Å². The van der Waals surface area contributed by atoms with Gasteiger partial charge >= 0.3 is 0 Å². The molecule has 0 saturated heterocycles. The molecule has 4 nitrogen and oxygen atoms in total. The van der Waals surface area contributed by atoms with E-state index in [2.05, 4.69) is 20.9 Å². The number of fused-ring (bicyclic) bond motifs is 1. The van der Waals surface area contributed by atoms with Crippen LogP contribution in [0.1, 0.15) is 5.69 Å². The Hall–Kier alpha value is -1.59. The lowest BCUT2D eigenvalue weighted by molar-refractivity contribution is 0.0720. The third kappa shape index (κ3) is 2.94. The number of halogens is 1. The first-order valence-corrected chi connectivity index (χ1v) is 7.26. The highest BCUT2D eigenvalue weighted by atomic mass is 79.9. The predicted octanol–water partition coefficient (Wildman–Crippen LogP) is 2.55. The van der Waals surface area contributed by atoms with E-state index in [1.165, 1.54) is 0 Å². The van der Waals surface area contributed by atoms with Crippen LogP contribution in [0.25, 0.3) is 0 Å². The summed E-state index contributed by atoms with van der Waals surface area (Å²) in [5.41, 5.74) is 7.17. The van der Waals surface area contributed by atoms with Gasteiger partial charge in [0, 0.05) is 22.8 Å². The minimum Gasteiger partial charge on any atom is -0.486 e. The van der Waals surface area contributed by atoms with Gasteiger partial charge in [-0.3, -0.25) is 4.98 Å². The SMILES string of the molecule is NC(Cc1ccc(Br)cn1)C1COc2ccccc2O1. The molecule has 1 aromatic carbocycles. The zero-order valence-corrected chi connectivity index (χ0v) is 12.4. The smallest absolute Gasteiger partial charge is 0.161 e. The quantitative estimate of drug-likeness (QED) is 0.937. The number of benzene rings is 1. The fourth-order valence-corrected chi connectivity index (χ4v) is 2.38. The zero-order chi connectivity index (χ0) is 13.9. The molecule has 0 aliphatic carbocycles. The van der Waals surface area contributed by atoms with Gasteiger partial charge in [0.1, 0.15) is 12.7 Å². The van der Waals surface area contributed by atoms with E-state index in [4.69, 9.17) is 15.2 Å². The Morgan fingerprint density at radius 2 is 2.05 bits per heavy atom. The van der Waals surface area contributed by atoms with Crippen molar-refractivity contribution in [2.45, 2.75) is 18.6 Å². The lowest BCUT2D eigenvalue weighted by Crippen LogP contribution is -2.46. The van der Waals surface area contributed by atoms with Crippen LogP contribution in [0.4, 0.5) is 0 Å². The van der Waals surface area contributed by atoms with Crippen molar-refractivity contribution in [3.05, 3.63) is 52.8 Å². The van der Waals surface area contributed by atoms with E-state index in [0.29, 0.717) is 13.0 Å². The van der Waals surface area contributed by atoms with Gasteiger partial charge in [0.05, 0.1) is 6.04 Å². The second-order valence-corrected chi connectivity index (χ2v) is 5.67. The largest absolute Gasteiger partial charge is 0.486 e. The van der Waals surface area contributed by atoms with Gasteiger partial charge in [-0.25, -0.2) is 0 Å². The van der Waals surface area contributed by atoms with E-state index < -0.39 is 0 Å². The van der Waals surface area contributed by atoms with Crippen molar-refractivity contribution in [3.63, 3.8) is 0 Å². The molecule has 0 bridgehead atoms. The van der Waals surface area contributed by atoms with Crippen molar-refractivity contribution in [2.24, 2.45) is 5.73 Å². The summed E-state index contributed by atoms with van der Waals surface area (Å²) in [5.74, 6) is 1.53. The Morgan fingerprint density at radius 3 is 2.80 bits per heavy atom. The van der Waals surface area contributed by atoms with Crippen molar-refractivity contribution in [1.82, 2.24) is 4.98 Å². The van der Waals surface area contributed by atoms with E-state index in [-0.39, 0.29) is 12.1 Å². The highest BCUT2D eigenvalue weighted by molar-refractivity contribution is 9.10. The normalized spacial score (nSPS) is 18.6. The molecule has 104 valence electrons. The number of nitrogens with two attached hydrogens (primary N) is 1. The van der Waals surface area contributed by atoms with Gasteiger partial charge in [-0.2, -0.15) is 0 Å². The van der Waals surface area contributed by atoms with Crippen molar-refractivity contribution in [1.29, 1.82) is 0 Å². The molecule has 2 aromatic rings. The Morgan fingerprint density at radius 1 is 1.25 bits per heavy atom. The summed E-state index contributed by atoms with van der Waals surface area (Å²) >= 11 is 3.37. The summed E-state index contributed by atoms with van der Waals surface area (Å²) in [7, 11) is 0. The standard InChI is InChI=1S/C15H15BrN2O2/c16-10-5-6-11(18-8-10)7-12(17)15-9-19-13-3-1-2-4-14(13)20-15/h1-6,8,12,15H,7,9,17H2. The highest BCUT2D eigenvalue weighted by Gasteiger charge is 2.26. The minimum atomic E-state index is -0.157. The summed E-state index contributed by atoms with van der Waals surface area (Å²) < 4.78 is 12.5. The van der Waals surface area contributed by atoms with Crippen LogP contribution in [0.15, 0.2) is 47.1 Å². The predicted molar refractivity (Wildman–Crippen MR) is 80.0 cm³/mol. The maximum Gasteiger partial charge on any atom is 0.161 e. The Bertz CT molecular complexity index is 589. The van der Waals surface area contributed by atoms with E-state index in [0.717, 1.165) is 21.7 Å². The number of ether oxygens (including phenoxy) is 2. The maximum absolute atomic E-state index is 6.22. The van der Waals surface area contributed by atoms with Crippen molar-refractivity contribution < 1.29 is 9.47 Å². The summed E-state index contributed by atoms with van der Waals surface area (Å²) in [6.45, 7) is 0.467. The zero-order valence-electron chi connectivity index (χ0n) is 10.8. The third-order valence-electron chi connectivity index (χ3n) is 3.24. The number of nitrogens with zero attached hydrogens (tertiary/aromatic N) is 1. The van der Waals surface area contributed by atoms with Crippen LogP contribution in [0, 0.1) is 0 Å². The van der Waals surface area contributed by atoms with Crippen molar-refractivity contribution in [2.75, 3.05) is 6.61 Å². The molecular weight excluding hydrogens is 320 g/mol. The van der Waals surface area contributed by atoms with Gasteiger partial charge in [0.2, 0.25) is 0 Å². The summed E-state index contributed by atoms with van der Waals surface area (Å²) in [6.07, 6.45) is 2.27. The molecule has 0 spiro atoms. The highest BCUT2D eigenvalue weighted by Crippen LogP contribution is 2.31. The molecule has 0 fully saturated rings. The molecule has 1 aliphatic heterocycles. The number of pyridine rings is 1. The monoisotopic (exact) mass is 334 g/mol. The van der Waals surface area contributed by atoms with Crippen LogP contribution >= 0.6 is 15.9 Å². The Kier molecular flexibility index (Phi) is 3.89. The number of rotatable bonds is 3. The topological polar surface area (TPSA) is 57.4 Å². The molecule has 20 heavy (non-hydrogen) atoms. The number of hydrogen-bond acceptors (Lipinski definition) is 4. The third-order valence-corrected chi connectivity index (χ3v) is 3.71. The molecule has 5 heteroatoms. The first kappa shape index (κ1) is 13.4. The molecule has 2 atom stereocenters. The maximum atomic E-state index is 6.22. The van der Waals surface area contributed by atoms with E-state index in [1.807, 2.05) is 36.4 Å². The molecule has 2 N–H and O–H groups in total. The molecule has 1 aliphatic rings. The average molecular weight is 335 g/mol. The van der Waals surface area contributed by atoms with E-state index in [9.17, 15) is 0 Å². The molecule has 2 heterocycles. The second-order valence-electron chi connectivity index (χ2n) is 4.75. The first-order chi connectivity index (χ1) is 9.72. The molecule has 3 rings (SSSR count). The van der Waals surface area contributed by atoms with Crippen molar-refractivity contribution >= 4 is 15.9 Å². The lowest BCUT2D eigenvalue weighted by Gasteiger charge is -2.30. The lowest BCUT2D eigenvalue weighted by atomic mass is 10.1. The number of aromatic nitrogens is 1. The number of para-hydroxylation sites is 2. The first-order valence-electron chi connectivity index (χ1n) is 6.47. The fraction of sp³-hybridized carbons (Fsp3) is 0.267. The fourth-order valence-electron chi connectivity index (χ4n) is 2.15. The molecular formula is C15H15BrN2O2. The number of hydrogen-bond donors (Lipinski definition) is 1. The van der Waals surface area contributed by atoms with Crippen molar-refractivity contribution in [3.8, 4) is 11.5 Å². The molecule has 0 radical (unpaired) electrons. The van der Waals surface area contributed by atoms with E-state index in [1.54, 1.807) is 6.20 Å². The molecule has 1 aromatic heterocycles. The van der Waals surface area contributed by atoms with Crippen LogP contribution in [0.3, 0.4) is 0 Å². The van der Waals surface area contributed by atoms with Gasteiger partial charge in [0.25, 0.3) is 0 Å². The molecule has 0 amide bonds. The summed E-state index contributed by atoms with van der Waals surface area (Å²) in [5, 5.41) is 0. The van der Waals surface area contributed by atoms with Crippen LogP contribution in [0.5, 0.6) is 11.5 Å². The second kappa shape index (κ2) is 5.81. The summed E-state index contributed by atoms with van der Waals surface area (Å²) in [4.78, 5) is 4.33. The van der Waals surface area contributed by atoms with Gasteiger partial charge < -0.3 is 15.2 Å². The molecule has 0 saturated carbocycles.